The zero-order valence-corrected chi connectivity index (χ0v) is 7.86. The number of rotatable bonds is 3. The number of nitrogens with zero attached hydrogens (tertiary/aromatic N) is 2. The second kappa shape index (κ2) is 3.38. The minimum atomic E-state index is 0.120. The Morgan fingerprint density at radius 2 is 2.15 bits per heavy atom. The molecule has 4 nitrogen and oxygen atoms in total. The van der Waals surface area contributed by atoms with E-state index in [1.807, 2.05) is 19.3 Å². The molecular weight excluding hydrogens is 166 g/mol. The molecule has 0 unspecified atom stereocenters. The van der Waals surface area contributed by atoms with Crippen molar-refractivity contribution in [2.75, 3.05) is 13.1 Å². The zero-order valence-electron chi connectivity index (χ0n) is 7.86. The third-order valence-electron chi connectivity index (χ3n) is 2.58. The quantitative estimate of drug-likeness (QED) is 0.706. The Balaban J connectivity index is 2.11. The van der Waals surface area contributed by atoms with Gasteiger partial charge in [0.05, 0.1) is 0 Å². The Hall–Kier alpha value is -1.03. The minimum Gasteiger partial charge on any atom is -0.316 e. The number of imidazole rings is 1. The lowest BCUT2D eigenvalue weighted by Gasteiger charge is -2.26. The van der Waals surface area contributed by atoms with Gasteiger partial charge in [0.1, 0.15) is 0 Å². The van der Waals surface area contributed by atoms with E-state index in [0.717, 1.165) is 26.2 Å². The molecule has 0 aliphatic carbocycles. The van der Waals surface area contributed by atoms with Gasteiger partial charge in [0.25, 0.3) is 0 Å². The molecule has 0 aromatic carbocycles. The summed E-state index contributed by atoms with van der Waals surface area (Å²) in [6.45, 7) is 5.69. The maximum Gasteiger partial charge on any atom is 0.328 e. The van der Waals surface area contributed by atoms with Crippen molar-refractivity contribution in [3.05, 3.63) is 22.9 Å². The van der Waals surface area contributed by atoms with E-state index in [2.05, 4.69) is 5.32 Å². The van der Waals surface area contributed by atoms with Crippen LogP contribution in [0.25, 0.3) is 0 Å². The van der Waals surface area contributed by atoms with Crippen LogP contribution in [-0.2, 0) is 13.1 Å². The molecule has 72 valence electrons. The SMILES string of the molecule is CCn1ccn(CC2CNC2)c1=O. The standard InChI is InChI=1S/C9H15N3O/c1-2-11-3-4-12(9(11)13)7-8-5-10-6-8/h3-4,8,10H,2,5-7H2,1H3. The Kier molecular flexibility index (Phi) is 2.22. The number of nitrogens with one attached hydrogen (secondary N) is 1. The van der Waals surface area contributed by atoms with Crippen LogP contribution in [0, 0.1) is 5.92 Å². The summed E-state index contributed by atoms with van der Waals surface area (Å²) in [5.74, 6) is 0.644. The van der Waals surface area contributed by atoms with Crippen molar-refractivity contribution in [3.8, 4) is 0 Å². The highest BCUT2D eigenvalue weighted by Gasteiger charge is 2.17. The second-order valence-corrected chi connectivity index (χ2v) is 3.54. The molecular formula is C9H15N3O. The summed E-state index contributed by atoms with van der Waals surface area (Å²) in [7, 11) is 0. The minimum absolute atomic E-state index is 0.120. The highest BCUT2D eigenvalue weighted by Crippen LogP contribution is 2.04. The average molecular weight is 181 g/mol. The largest absolute Gasteiger partial charge is 0.328 e. The summed E-state index contributed by atoms with van der Waals surface area (Å²) in [5.41, 5.74) is 0.120. The van der Waals surface area contributed by atoms with Crippen LogP contribution >= 0.6 is 0 Å². The van der Waals surface area contributed by atoms with E-state index in [1.54, 1.807) is 9.13 Å². The molecule has 0 radical (unpaired) electrons. The molecule has 1 saturated heterocycles. The molecule has 0 atom stereocenters. The van der Waals surface area contributed by atoms with E-state index >= 15 is 0 Å². The summed E-state index contributed by atoms with van der Waals surface area (Å²) >= 11 is 0. The smallest absolute Gasteiger partial charge is 0.316 e. The van der Waals surface area contributed by atoms with Crippen molar-refractivity contribution in [2.45, 2.75) is 20.0 Å². The monoisotopic (exact) mass is 181 g/mol. The molecule has 2 heterocycles. The summed E-state index contributed by atoms with van der Waals surface area (Å²) in [5, 5.41) is 3.20. The Labute approximate surface area is 77.2 Å². The Morgan fingerprint density at radius 3 is 2.62 bits per heavy atom. The molecule has 0 saturated carbocycles. The van der Waals surface area contributed by atoms with Gasteiger partial charge in [0.15, 0.2) is 0 Å². The molecule has 1 aromatic heterocycles. The first-order chi connectivity index (χ1) is 6.31. The third kappa shape index (κ3) is 1.54. The van der Waals surface area contributed by atoms with E-state index in [-0.39, 0.29) is 5.69 Å². The lowest BCUT2D eigenvalue weighted by atomic mass is 10.0. The fourth-order valence-electron chi connectivity index (χ4n) is 1.59. The molecule has 4 heteroatoms. The predicted octanol–water partition coefficient (Wildman–Crippen LogP) is -0.111. The lowest BCUT2D eigenvalue weighted by Crippen LogP contribution is -2.45. The van der Waals surface area contributed by atoms with Crippen LogP contribution in [0.2, 0.25) is 0 Å². The number of hydrogen-bond acceptors (Lipinski definition) is 2. The van der Waals surface area contributed by atoms with Crippen LogP contribution in [0.4, 0.5) is 0 Å². The first-order valence-corrected chi connectivity index (χ1v) is 4.77. The Morgan fingerprint density at radius 1 is 1.46 bits per heavy atom. The maximum atomic E-state index is 11.6. The van der Waals surface area contributed by atoms with Gasteiger partial charge in [-0.1, -0.05) is 0 Å². The van der Waals surface area contributed by atoms with Gasteiger partial charge in [-0.3, -0.25) is 9.13 Å². The average Bonchev–Trinajstić information content (AvgIpc) is 2.40. The first-order valence-electron chi connectivity index (χ1n) is 4.77. The van der Waals surface area contributed by atoms with E-state index < -0.39 is 0 Å². The van der Waals surface area contributed by atoms with E-state index in [9.17, 15) is 4.79 Å². The molecule has 1 aliphatic heterocycles. The van der Waals surface area contributed by atoms with Gasteiger partial charge in [-0.15, -0.1) is 0 Å². The van der Waals surface area contributed by atoms with Gasteiger partial charge in [-0.2, -0.15) is 0 Å². The predicted molar refractivity (Wildman–Crippen MR) is 50.7 cm³/mol. The molecule has 1 aliphatic rings. The number of aryl methyl sites for hydroxylation is 1. The van der Waals surface area contributed by atoms with Crippen LogP contribution in [0.1, 0.15) is 6.92 Å². The van der Waals surface area contributed by atoms with Gasteiger partial charge < -0.3 is 5.32 Å². The third-order valence-corrected chi connectivity index (χ3v) is 2.58. The van der Waals surface area contributed by atoms with Crippen molar-refractivity contribution < 1.29 is 0 Å². The van der Waals surface area contributed by atoms with E-state index in [1.165, 1.54) is 0 Å². The van der Waals surface area contributed by atoms with Gasteiger partial charge in [-0.25, -0.2) is 4.79 Å². The summed E-state index contributed by atoms with van der Waals surface area (Å²) < 4.78 is 3.53. The van der Waals surface area contributed by atoms with Crippen LogP contribution in [0.15, 0.2) is 17.2 Å². The molecule has 0 amide bonds. The molecule has 0 bridgehead atoms. The molecule has 13 heavy (non-hydrogen) atoms. The van der Waals surface area contributed by atoms with Gasteiger partial charge >= 0.3 is 5.69 Å². The van der Waals surface area contributed by atoms with E-state index in [4.69, 9.17) is 0 Å². The van der Waals surface area contributed by atoms with Crippen LogP contribution in [-0.4, -0.2) is 22.2 Å². The van der Waals surface area contributed by atoms with Crippen LogP contribution < -0.4 is 11.0 Å². The molecule has 2 rings (SSSR count). The Bertz CT molecular complexity index is 335. The van der Waals surface area contributed by atoms with Crippen molar-refractivity contribution in [2.24, 2.45) is 5.92 Å². The summed E-state index contributed by atoms with van der Waals surface area (Å²) in [6.07, 6.45) is 3.73. The maximum absolute atomic E-state index is 11.6. The first kappa shape index (κ1) is 8.56. The molecule has 1 N–H and O–H groups in total. The van der Waals surface area contributed by atoms with Crippen molar-refractivity contribution in [3.63, 3.8) is 0 Å². The van der Waals surface area contributed by atoms with Crippen molar-refractivity contribution in [1.82, 2.24) is 14.5 Å². The van der Waals surface area contributed by atoms with Crippen LogP contribution in [0.5, 0.6) is 0 Å². The fourth-order valence-corrected chi connectivity index (χ4v) is 1.59. The van der Waals surface area contributed by atoms with E-state index in [0.29, 0.717) is 5.92 Å². The lowest BCUT2D eigenvalue weighted by molar-refractivity contribution is 0.302. The summed E-state index contributed by atoms with van der Waals surface area (Å²) in [4.78, 5) is 11.6. The van der Waals surface area contributed by atoms with Gasteiger partial charge in [0.2, 0.25) is 0 Å². The second-order valence-electron chi connectivity index (χ2n) is 3.54. The number of aromatic nitrogens is 2. The molecule has 1 fully saturated rings. The normalized spacial score (nSPS) is 17.3. The van der Waals surface area contributed by atoms with Crippen LogP contribution in [0.3, 0.4) is 0 Å². The molecule has 1 aromatic rings. The van der Waals surface area contributed by atoms with Gasteiger partial charge in [-0.05, 0) is 6.92 Å². The summed E-state index contributed by atoms with van der Waals surface area (Å²) in [6, 6.07) is 0. The number of hydrogen-bond donors (Lipinski definition) is 1. The fraction of sp³-hybridized carbons (Fsp3) is 0.667. The highest BCUT2D eigenvalue weighted by molar-refractivity contribution is 4.84. The zero-order chi connectivity index (χ0) is 9.26. The molecule has 0 spiro atoms. The van der Waals surface area contributed by atoms with Gasteiger partial charge in [0, 0.05) is 44.5 Å². The van der Waals surface area contributed by atoms with Crippen molar-refractivity contribution >= 4 is 0 Å². The topological polar surface area (TPSA) is 39.0 Å². The highest BCUT2D eigenvalue weighted by atomic mass is 16.1. The van der Waals surface area contributed by atoms with Crippen molar-refractivity contribution in [1.29, 1.82) is 0 Å².